The van der Waals surface area contributed by atoms with E-state index in [0.29, 0.717) is 13.1 Å². The molecule has 90 valence electrons. The molecule has 1 atom stereocenters. The zero-order valence-electron chi connectivity index (χ0n) is 10.1. The number of likely N-dealkylation sites (N-methyl/N-ethyl adjacent to an activating group) is 2. The molecule has 0 aromatic carbocycles. The molecule has 1 heterocycles. The van der Waals surface area contributed by atoms with Crippen LogP contribution in [0.25, 0.3) is 0 Å². The van der Waals surface area contributed by atoms with E-state index < -0.39 is 0 Å². The number of nitrogens with zero attached hydrogens (tertiary/aromatic N) is 2. The fraction of sp³-hybridized carbons (Fsp3) is 0.583. The Labute approximate surface area is 97.3 Å². The van der Waals surface area contributed by atoms with Gasteiger partial charge in [-0.3, -0.25) is 9.88 Å². The highest BCUT2D eigenvalue weighted by molar-refractivity contribution is 5.03. The molecule has 4 nitrogen and oxygen atoms in total. The molecule has 0 amide bonds. The fourth-order valence-electron chi connectivity index (χ4n) is 1.57. The fourth-order valence-corrected chi connectivity index (χ4v) is 1.57. The lowest BCUT2D eigenvalue weighted by atomic mass is 10.3. The molecule has 1 unspecified atom stereocenters. The second-order valence-electron chi connectivity index (χ2n) is 3.98. The van der Waals surface area contributed by atoms with E-state index in [1.54, 1.807) is 6.20 Å². The summed E-state index contributed by atoms with van der Waals surface area (Å²) < 4.78 is 0. The molecular formula is C12H21N3O. The Kier molecular flexibility index (Phi) is 6.00. The van der Waals surface area contributed by atoms with Gasteiger partial charge in [-0.2, -0.15) is 0 Å². The van der Waals surface area contributed by atoms with Crippen molar-refractivity contribution in [2.45, 2.75) is 19.6 Å². The van der Waals surface area contributed by atoms with E-state index in [4.69, 9.17) is 0 Å². The smallest absolute Gasteiger partial charge is 0.0791 e. The van der Waals surface area contributed by atoms with Gasteiger partial charge in [-0.05, 0) is 25.7 Å². The molecule has 4 heteroatoms. The van der Waals surface area contributed by atoms with Crippen molar-refractivity contribution in [1.82, 2.24) is 15.2 Å². The third-order valence-electron chi connectivity index (χ3n) is 2.31. The van der Waals surface area contributed by atoms with Crippen LogP contribution >= 0.6 is 0 Å². The molecular weight excluding hydrogens is 202 g/mol. The molecule has 0 bridgehead atoms. The van der Waals surface area contributed by atoms with Crippen molar-refractivity contribution in [3.8, 4) is 0 Å². The lowest BCUT2D eigenvalue weighted by Crippen LogP contribution is -2.36. The predicted molar refractivity (Wildman–Crippen MR) is 65.1 cm³/mol. The number of rotatable bonds is 7. The Bertz CT molecular complexity index is 279. The third kappa shape index (κ3) is 5.21. The number of hydrogen-bond acceptors (Lipinski definition) is 4. The Balaban J connectivity index is 2.27. The third-order valence-corrected chi connectivity index (χ3v) is 2.31. The van der Waals surface area contributed by atoms with E-state index in [9.17, 15) is 5.11 Å². The molecule has 1 aromatic heterocycles. The first-order valence-electron chi connectivity index (χ1n) is 5.69. The van der Waals surface area contributed by atoms with E-state index in [0.717, 1.165) is 18.8 Å². The van der Waals surface area contributed by atoms with E-state index in [1.807, 2.05) is 32.2 Å². The predicted octanol–water partition coefficient (Wildman–Crippen LogP) is 0.484. The van der Waals surface area contributed by atoms with Crippen molar-refractivity contribution in [2.24, 2.45) is 0 Å². The summed E-state index contributed by atoms with van der Waals surface area (Å²) in [4.78, 5) is 6.32. The van der Waals surface area contributed by atoms with Gasteiger partial charge in [-0.25, -0.2) is 0 Å². The van der Waals surface area contributed by atoms with Gasteiger partial charge in [0.05, 0.1) is 11.8 Å². The number of pyridine rings is 1. The SMILES string of the molecule is CCNCC(O)CN(C)Cc1ccccn1. The minimum Gasteiger partial charge on any atom is -0.390 e. The van der Waals surface area contributed by atoms with E-state index in [2.05, 4.69) is 15.2 Å². The van der Waals surface area contributed by atoms with Crippen LogP contribution in [0.5, 0.6) is 0 Å². The van der Waals surface area contributed by atoms with Gasteiger partial charge in [0, 0.05) is 25.8 Å². The van der Waals surface area contributed by atoms with Gasteiger partial charge in [-0.15, -0.1) is 0 Å². The first-order valence-corrected chi connectivity index (χ1v) is 5.69. The topological polar surface area (TPSA) is 48.4 Å². The summed E-state index contributed by atoms with van der Waals surface area (Å²) in [6.07, 6.45) is 1.46. The summed E-state index contributed by atoms with van der Waals surface area (Å²) in [5, 5.41) is 12.8. The quantitative estimate of drug-likeness (QED) is 0.706. The van der Waals surface area contributed by atoms with Crippen molar-refractivity contribution in [2.75, 3.05) is 26.7 Å². The van der Waals surface area contributed by atoms with Crippen LogP contribution in [0.4, 0.5) is 0 Å². The van der Waals surface area contributed by atoms with Gasteiger partial charge in [0.15, 0.2) is 0 Å². The summed E-state index contributed by atoms with van der Waals surface area (Å²) in [5.74, 6) is 0. The zero-order chi connectivity index (χ0) is 11.8. The molecule has 0 saturated heterocycles. The van der Waals surface area contributed by atoms with Crippen molar-refractivity contribution in [1.29, 1.82) is 0 Å². The van der Waals surface area contributed by atoms with Crippen LogP contribution in [0.1, 0.15) is 12.6 Å². The Morgan fingerprint density at radius 2 is 2.31 bits per heavy atom. The molecule has 16 heavy (non-hydrogen) atoms. The van der Waals surface area contributed by atoms with Gasteiger partial charge in [0.2, 0.25) is 0 Å². The average Bonchev–Trinajstić information content (AvgIpc) is 2.27. The molecule has 2 N–H and O–H groups in total. The highest BCUT2D eigenvalue weighted by Crippen LogP contribution is 1.99. The molecule has 0 aliphatic carbocycles. The number of aliphatic hydroxyl groups is 1. The highest BCUT2D eigenvalue weighted by atomic mass is 16.3. The Hall–Kier alpha value is -0.970. The maximum atomic E-state index is 9.70. The number of hydrogen-bond donors (Lipinski definition) is 2. The second kappa shape index (κ2) is 7.33. The molecule has 0 spiro atoms. The molecule has 1 rings (SSSR count). The van der Waals surface area contributed by atoms with Crippen LogP contribution < -0.4 is 5.32 Å². The van der Waals surface area contributed by atoms with Gasteiger partial charge < -0.3 is 10.4 Å². The molecule has 0 aliphatic rings. The number of nitrogens with one attached hydrogen (secondary N) is 1. The second-order valence-corrected chi connectivity index (χ2v) is 3.98. The average molecular weight is 223 g/mol. The van der Waals surface area contributed by atoms with Crippen molar-refractivity contribution in [3.05, 3.63) is 30.1 Å². The van der Waals surface area contributed by atoms with Crippen molar-refractivity contribution >= 4 is 0 Å². The van der Waals surface area contributed by atoms with Gasteiger partial charge in [0.25, 0.3) is 0 Å². The first kappa shape index (κ1) is 13.1. The molecule has 0 aliphatic heterocycles. The minimum atomic E-state index is -0.325. The molecule has 0 saturated carbocycles. The monoisotopic (exact) mass is 223 g/mol. The van der Waals surface area contributed by atoms with Crippen LogP contribution in [0.15, 0.2) is 24.4 Å². The molecule has 1 aromatic rings. The summed E-state index contributed by atoms with van der Waals surface area (Å²) in [5.41, 5.74) is 1.03. The largest absolute Gasteiger partial charge is 0.390 e. The Morgan fingerprint density at radius 1 is 1.50 bits per heavy atom. The highest BCUT2D eigenvalue weighted by Gasteiger charge is 2.08. The van der Waals surface area contributed by atoms with Crippen LogP contribution in [-0.4, -0.2) is 47.8 Å². The summed E-state index contributed by atoms with van der Waals surface area (Å²) >= 11 is 0. The van der Waals surface area contributed by atoms with Crippen LogP contribution in [-0.2, 0) is 6.54 Å². The van der Waals surface area contributed by atoms with Crippen molar-refractivity contribution < 1.29 is 5.11 Å². The maximum Gasteiger partial charge on any atom is 0.0791 e. The van der Waals surface area contributed by atoms with E-state index >= 15 is 0 Å². The van der Waals surface area contributed by atoms with E-state index in [-0.39, 0.29) is 6.10 Å². The van der Waals surface area contributed by atoms with Crippen LogP contribution in [0.3, 0.4) is 0 Å². The summed E-state index contributed by atoms with van der Waals surface area (Å²) in [6, 6.07) is 5.88. The zero-order valence-corrected chi connectivity index (χ0v) is 10.1. The lowest BCUT2D eigenvalue weighted by molar-refractivity contribution is 0.121. The normalized spacial score (nSPS) is 13.0. The first-order chi connectivity index (χ1) is 7.72. The number of aliphatic hydroxyl groups excluding tert-OH is 1. The number of aromatic nitrogens is 1. The standard InChI is InChI=1S/C12H21N3O/c1-3-13-8-12(16)10-15(2)9-11-6-4-5-7-14-11/h4-7,12-13,16H,3,8-10H2,1-2H3. The van der Waals surface area contributed by atoms with Crippen molar-refractivity contribution in [3.63, 3.8) is 0 Å². The van der Waals surface area contributed by atoms with Crippen LogP contribution in [0.2, 0.25) is 0 Å². The minimum absolute atomic E-state index is 0.325. The molecule has 0 fully saturated rings. The van der Waals surface area contributed by atoms with Gasteiger partial charge in [0.1, 0.15) is 0 Å². The summed E-state index contributed by atoms with van der Waals surface area (Å²) in [7, 11) is 1.99. The van der Waals surface area contributed by atoms with E-state index in [1.165, 1.54) is 0 Å². The van der Waals surface area contributed by atoms with Gasteiger partial charge in [-0.1, -0.05) is 13.0 Å². The lowest BCUT2D eigenvalue weighted by Gasteiger charge is -2.20. The summed E-state index contributed by atoms with van der Waals surface area (Å²) in [6.45, 7) is 4.99. The van der Waals surface area contributed by atoms with Gasteiger partial charge >= 0.3 is 0 Å². The maximum absolute atomic E-state index is 9.70. The van der Waals surface area contributed by atoms with Crippen LogP contribution in [0, 0.1) is 0 Å². The molecule has 0 radical (unpaired) electrons. The Morgan fingerprint density at radius 3 is 2.94 bits per heavy atom.